The second-order valence-corrected chi connectivity index (χ2v) is 4.53. The van der Waals surface area contributed by atoms with Crippen molar-refractivity contribution >= 4 is 16.8 Å². The van der Waals surface area contributed by atoms with Crippen LogP contribution in [0.3, 0.4) is 0 Å². The number of pyridine rings is 1. The van der Waals surface area contributed by atoms with E-state index in [0.717, 1.165) is 22.3 Å². The maximum atomic E-state index is 11.6. The van der Waals surface area contributed by atoms with Gasteiger partial charge in [-0.05, 0) is 24.6 Å². The molecule has 84 valence electrons. The Morgan fingerprint density at radius 1 is 1.44 bits per heavy atom. The van der Waals surface area contributed by atoms with Crippen LogP contribution >= 0.6 is 0 Å². The molecule has 16 heavy (non-hydrogen) atoms. The molecule has 2 aromatic rings. The van der Waals surface area contributed by atoms with E-state index in [9.17, 15) is 4.79 Å². The molecule has 0 spiro atoms. The maximum Gasteiger partial charge on any atom is 0.139 e. The minimum absolute atomic E-state index is 0.0867. The van der Waals surface area contributed by atoms with Crippen LogP contribution in [0.25, 0.3) is 11.0 Å². The first-order chi connectivity index (χ1) is 7.56. The molecule has 0 bridgehead atoms. The van der Waals surface area contributed by atoms with E-state index in [1.807, 2.05) is 32.9 Å². The molecule has 0 aromatic carbocycles. The fraction of sp³-hybridized carbons (Fsp3) is 0.385. The van der Waals surface area contributed by atoms with Crippen LogP contribution in [0, 0.1) is 12.8 Å². The van der Waals surface area contributed by atoms with Gasteiger partial charge < -0.3 is 4.98 Å². The fourth-order valence-electron chi connectivity index (χ4n) is 1.70. The molecule has 3 nitrogen and oxygen atoms in total. The number of aromatic amines is 1. The number of carbonyl (C=O) groups excluding carboxylic acids is 1. The van der Waals surface area contributed by atoms with Gasteiger partial charge in [0.25, 0.3) is 0 Å². The van der Waals surface area contributed by atoms with Crippen molar-refractivity contribution in [2.24, 2.45) is 5.92 Å². The molecule has 2 rings (SSSR count). The topological polar surface area (TPSA) is 45.8 Å². The molecule has 0 aliphatic heterocycles. The third-order valence-corrected chi connectivity index (χ3v) is 2.68. The number of nitrogens with zero attached hydrogens (tertiary/aromatic N) is 1. The minimum Gasteiger partial charge on any atom is -0.344 e. The molecule has 2 heterocycles. The number of aromatic nitrogens is 2. The lowest BCUT2D eigenvalue weighted by molar-refractivity contribution is -0.121. The Hall–Kier alpha value is -1.64. The van der Waals surface area contributed by atoms with Crippen LogP contribution in [0.5, 0.6) is 0 Å². The Kier molecular flexibility index (Phi) is 2.77. The second-order valence-electron chi connectivity index (χ2n) is 4.53. The predicted molar refractivity (Wildman–Crippen MR) is 64.4 cm³/mol. The number of ketones is 1. The zero-order valence-corrected chi connectivity index (χ0v) is 9.87. The van der Waals surface area contributed by atoms with Gasteiger partial charge in [-0.2, -0.15) is 0 Å². The van der Waals surface area contributed by atoms with Gasteiger partial charge in [0.15, 0.2) is 0 Å². The molecule has 0 unspecified atom stereocenters. The molecule has 3 heteroatoms. The Labute approximate surface area is 94.9 Å². The summed E-state index contributed by atoms with van der Waals surface area (Å²) in [5, 5.41) is 1.08. The number of nitrogens with one attached hydrogen (secondary N) is 1. The number of carbonyl (C=O) groups is 1. The quantitative estimate of drug-likeness (QED) is 0.857. The van der Waals surface area contributed by atoms with Gasteiger partial charge in [-0.15, -0.1) is 0 Å². The molecule has 0 aliphatic carbocycles. The highest BCUT2D eigenvalue weighted by Gasteiger charge is 2.09. The van der Waals surface area contributed by atoms with E-state index in [0.29, 0.717) is 6.42 Å². The summed E-state index contributed by atoms with van der Waals surface area (Å²) in [4.78, 5) is 19.1. The zero-order chi connectivity index (χ0) is 11.7. The van der Waals surface area contributed by atoms with Gasteiger partial charge in [-0.25, -0.2) is 4.98 Å². The third-order valence-electron chi connectivity index (χ3n) is 2.68. The van der Waals surface area contributed by atoms with Crippen molar-refractivity contribution in [1.82, 2.24) is 9.97 Å². The fourth-order valence-corrected chi connectivity index (χ4v) is 1.70. The number of Topliss-reactive ketones (excluding diaryl/α,β-unsaturated/α-hetero) is 1. The monoisotopic (exact) mass is 216 g/mol. The Morgan fingerprint density at radius 3 is 2.88 bits per heavy atom. The largest absolute Gasteiger partial charge is 0.344 e. The summed E-state index contributed by atoms with van der Waals surface area (Å²) in [7, 11) is 0. The standard InChI is InChI=1S/C13H16N2O/c1-8(2)12(16)6-10-5-11-4-9(3)15-13(11)14-7-10/h4-5,7-8H,6H2,1-3H3,(H,14,15). The molecule has 0 saturated carbocycles. The normalized spacial score (nSPS) is 11.2. The van der Waals surface area contributed by atoms with Crippen molar-refractivity contribution in [1.29, 1.82) is 0 Å². The molecule has 0 fully saturated rings. The van der Waals surface area contributed by atoms with Gasteiger partial charge in [0.2, 0.25) is 0 Å². The van der Waals surface area contributed by atoms with Crippen LogP contribution in [0.4, 0.5) is 0 Å². The lowest BCUT2D eigenvalue weighted by atomic mass is 10.0. The average molecular weight is 216 g/mol. The number of fused-ring (bicyclic) bond motifs is 1. The highest BCUT2D eigenvalue weighted by molar-refractivity contribution is 5.84. The average Bonchev–Trinajstić information content (AvgIpc) is 2.57. The van der Waals surface area contributed by atoms with Gasteiger partial charge in [0.1, 0.15) is 11.4 Å². The summed E-state index contributed by atoms with van der Waals surface area (Å²) in [6.45, 7) is 5.85. The van der Waals surface area contributed by atoms with Gasteiger partial charge >= 0.3 is 0 Å². The smallest absolute Gasteiger partial charge is 0.139 e. The Bertz CT molecular complexity index is 526. The molecular formula is C13H16N2O. The van der Waals surface area contributed by atoms with E-state index in [-0.39, 0.29) is 11.7 Å². The summed E-state index contributed by atoms with van der Waals surface area (Å²) in [5.41, 5.74) is 2.97. The number of hydrogen-bond acceptors (Lipinski definition) is 2. The molecule has 1 N–H and O–H groups in total. The van der Waals surface area contributed by atoms with Crippen LogP contribution in [0.15, 0.2) is 18.3 Å². The minimum atomic E-state index is 0.0867. The van der Waals surface area contributed by atoms with Gasteiger partial charge in [0, 0.05) is 29.6 Å². The van der Waals surface area contributed by atoms with E-state index in [1.54, 1.807) is 6.20 Å². The highest BCUT2D eigenvalue weighted by atomic mass is 16.1. The first-order valence-electron chi connectivity index (χ1n) is 5.53. The summed E-state index contributed by atoms with van der Waals surface area (Å²) in [6.07, 6.45) is 2.25. The van der Waals surface area contributed by atoms with E-state index in [4.69, 9.17) is 0 Å². The third kappa shape index (κ3) is 2.13. The zero-order valence-electron chi connectivity index (χ0n) is 9.87. The molecule has 0 aliphatic rings. The van der Waals surface area contributed by atoms with E-state index in [2.05, 4.69) is 9.97 Å². The van der Waals surface area contributed by atoms with Gasteiger partial charge in [-0.1, -0.05) is 13.8 Å². The summed E-state index contributed by atoms with van der Waals surface area (Å²) < 4.78 is 0. The lowest BCUT2D eigenvalue weighted by Gasteiger charge is -2.03. The molecular weight excluding hydrogens is 200 g/mol. The van der Waals surface area contributed by atoms with Crippen molar-refractivity contribution in [2.75, 3.05) is 0 Å². The van der Waals surface area contributed by atoms with Crippen molar-refractivity contribution in [3.63, 3.8) is 0 Å². The van der Waals surface area contributed by atoms with Crippen LogP contribution in [-0.2, 0) is 11.2 Å². The molecule has 0 atom stereocenters. The Morgan fingerprint density at radius 2 is 2.19 bits per heavy atom. The van der Waals surface area contributed by atoms with Crippen molar-refractivity contribution in [3.05, 3.63) is 29.6 Å². The molecule has 0 saturated heterocycles. The summed E-state index contributed by atoms with van der Waals surface area (Å²) in [5.74, 6) is 0.345. The van der Waals surface area contributed by atoms with Crippen molar-refractivity contribution in [3.8, 4) is 0 Å². The van der Waals surface area contributed by atoms with Gasteiger partial charge in [0.05, 0.1) is 0 Å². The van der Waals surface area contributed by atoms with Crippen LogP contribution in [0.2, 0.25) is 0 Å². The number of H-pyrrole nitrogens is 1. The number of hydrogen-bond donors (Lipinski definition) is 1. The van der Waals surface area contributed by atoms with Gasteiger partial charge in [-0.3, -0.25) is 4.79 Å². The van der Waals surface area contributed by atoms with E-state index in [1.165, 1.54) is 0 Å². The highest BCUT2D eigenvalue weighted by Crippen LogP contribution is 2.15. The lowest BCUT2D eigenvalue weighted by Crippen LogP contribution is -2.10. The van der Waals surface area contributed by atoms with Crippen LogP contribution in [-0.4, -0.2) is 15.8 Å². The second kappa shape index (κ2) is 4.08. The molecule has 0 amide bonds. The first-order valence-corrected chi connectivity index (χ1v) is 5.53. The van der Waals surface area contributed by atoms with Crippen molar-refractivity contribution in [2.45, 2.75) is 27.2 Å². The maximum absolute atomic E-state index is 11.6. The predicted octanol–water partition coefficient (Wildman–Crippen LogP) is 2.64. The van der Waals surface area contributed by atoms with E-state index < -0.39 is 0 Å². The SMILES string of the molecule is Cc1cc2cc(CC(=O)C(C)C)cnc2[nH]1. The van der Waals surface area contributed by atoms with Crippen LogP contribution < -0.4 is 0 Å². The first kappa shape index (κ1) is 10.9. The molecule has 2 aromatic heterocycles. The van der Waals surface area contributed by atoms with Crippen molar-refractivity contribution < 1.29 is 4.79 Å². The summed E-state index contributed by atoms with van der Waals surface area (Å²) in [6, 6.07) is 4.08. The molecule has 0 radical (unpaired) electrons. The Balaban J connectivity index is 2.29. The number of rotatable bonds is 3. The van der Waals surface area contributed by atoms with E-state index >= 15 is 0 Å². The van der Waals surface area contributed by atoms with Crippen LogP contribution in [0.1, 0.15) is 25.1 Å². The number of aryl methyl sites for hydroxylation is 1. The summed E-state index contributed by atoms with van der Waals surface area (Å²) >= 11 is 0.